The van der Waals surface area contributed by atoms with Crippen molar-refractivity contribution in [2.24, 2.45) is 5.92 Å². The van der Waals surface area contributed by atoms with Gasteiger partial charge in [-0.25, -0.2) is 0 Å². The first-order valence-corrected chi connectivity index (χ1v) is 8.92. The van der Waals surface area contributed by atoms with Crippen LogP contribution in [0.2, 0.25) is 0 Å². The number of hydrogen-bond donors (Lipinski definition) is 0. The summed E-state index contributed by atoms with van der Waals surface area (Å²) in [5.74, 6) is 0.198. The molecule has 1 amide bonds. The van der Waals surface area contributed by atoms with Gasteiger partial charge in [0.15, 0.2) is 5.78 Å². The number of Topliss-reactive ketones (excluding diaryl/α,β-unsaturated/α-hetero) is 1. The van der Waals surface area contributed by atoms with Crippen LogP contribution in [0.1, 0.15) is 36.5 Å². The van der Waals surface area contributed by atoms with Crippen LogP contribution in [-0.4, -0.2) is 60.4 Å². The summed E-state index contributed by atoms with van der Waals surface area (Å²) >= 11 is 0. The molecule has 0 spiro atoms. The number of hydrogen-bond acceptors (Lipinski definition) is 6. The van der Waals surface area contributed by atoms with Crippen molar-refractivity contribution in [2.45, 2.75) is 32.2 Å². The van der Waals surface area contributed by atoms with Crippen LogP contribution in [0.15, 0.2) is 24.3 Å². The molecule has 1 aromatic carbocycles. The Morgan fingerprint density at radius 2 is 1.69 bits per heavy atom. The SMILES string of the molecule is COc1ccc(C(=O)C2CCN(C3CCN(OC(C)=O)C3=O)CC2)cc1. The van der Waals surface area contributed by atoms with Crippen molar-refractivity contribution in [1.29, 1.82) is 0 Å². The van der Waals surface area contributed by atoms with E-state index < -0.39 is 5.97 Å². The average molecular weight is 360 g/mol. The number of ketones is 1. The average Bonchev–Trinajstić information content (AvgIpc) is 3.01. The Hall–Kier alpha value is -2.41. The molecule has 26 heavy (non-hydrogen) atoms. The lowest BCUT2D eigenvalue weighted by atomic mass is 9.88. The minimum Gasteiger partial charge on any atom is -0.497 e. The maximum absolute atomic E-state index is 12.7. The van der Waals surface area contributed by atoms with Crippen LogP contribution in [0.5, 0.6) is 5.75 Å². The van der Waals surface area contributed by atoms with Crippen molar-refractivity contribution in [3.05, 3.63) is 29.8 Å². The van der Waals surface area contributed by atoms with Crippen molar-refractivity contribution in [3.8, 4) is 5.75 Å². The summed E-state index contributed by atoms with van der Waals surface area (Å²) in [5, 5.41) is 1.15. The number of piperidine rings is 1. The molecule has 0 saturated carbocycles. The zero-order valence-corrected chi connectivity index (χ0v) is 15.1. The van der Waals surface area contributed by atoms with E-state index >= 15 is 0 Å². The van der Waals surface area contributed by atoms with Gasteiger partial charge in [0.25, 0.3) is 5.91 Å². The summed E-state index contributed by atoms with van der Waals surface area (Å²) < 4.78 is 5.12. The van der Waals surface area contributed by atoms with E-state index in [1.165, 1.54) is 6.92 Å². The number of carbonyl (C=O) groups excluding carboxylic acids is 3. The number of benzene rings is 1. The fourth-order valence-corrected chi connectivity index (χ4v) is 3.69. The van der Waals surface area contributed by atoms with E-state index in [1.807, 2.05) is 0 Å². The highest BCUT2D eigenvalue weighted by Crippen LogP contribution is 2.27. The van der Waals surface area contributed by atoms with E-state index in [4.69, 9.17) is 9.57 Å². The van der Waals surface area contributed by atoms with E-state index in [-0.39, 0.29) is 23.7 Å². The second kappa shape index (κ2) is 7.86. The topological polar surface area (TPSA) is 76.2 Å². The molecule has 7 heteroatoms. The Balaban J connectivity index is 1.54. The molecule has 0 aliphatic carbocycles. The van der Waals surface area contributed by atoms with E-state index in [2.05, 4.69) is 4.90 Å². The Kier molecular flexibility index (Phi) is 5.56. The van der Waals surface area contributed by atoms with Gasteiger partial charge in [0.2, 0.25) is 0 Å². The van der Waals surface area contributed by atoms with Gasteiger partial charge in [-0.3, -0.25) is 19.3 Å². The first-order valence-electron chi connectivity index (χ1n) is 8.92. The zero-order valence-electron chi connectivity index (χ0n) is 15.1. The predicted molar refractivity (Wildman–Crippen MR) is 93.5 cm³/mol. The summed E-state index contributed by atoms with van der Waals surface area (Å²) in [4.78, 5) is 43.1. The number of likely N-dealkylation sites (tertiary alicyclic amines) is 1. The molecule has 0 N–H and O–H groups in total. The minimum atomic E-state index is -0.484. The molecule has 1 aromatic rings. The third kappa shape index (κ3) is 3.88. The minimum absolute atomic E-state index is 0.0271. The lowest BCUT2D eigenvalue weighted by molar-refractivity contribution is -0.192. The van der Waals surface area contributed by atoms with Gasteiger partial charge in [-0.1, -0.05) is 0 Å². The normalized spacial score (nSPS) is 21.7. The van der Waals surface area contributed by atoms with E-state index in [1.54, 1.807) is 31.4 Å². The van der Waals surface area contributed by atoms with Gasteiger partial charge in [-0.05, 0) is 56.6 Å². The number of methoxy groups -OCH3 is 1. The van der Waals surface area contributed by atoms with Gasteiger partial charge in [0, 0.05) is 18.4 Å². The molecule has 0 aromatic heterocycles. The number of amides is 1. The van der Waals surface area contributed by atoms with Gasteiger partial charge < -0.3 is 9.57 Å². The van der Waals surface area contributed by atoms with Crippen LogP contribution in [0.25, 0.3) is 0 Å². The molecule has 2 aliphatic heterocycles. The number of hydroxylamine groups is 2. The van der Waals surface area contributed by atoms with Gasteiger partial charge in [-0.2, -0.15) is 5.06 Å². The number of nitrogens with zero attached hydrogens (tertiary/aromatic N) is 2. The molecule has 0 bridgehead atoms. The molecule has 2 heterocycles. The summed E-state index contributed by atoms with van der Waals surface area (Å²) in [5.41, 5.74) is 0.697. The molecule has 1 unspecified atom stereocenters. The van der Waals surface area contributed by atoms with Gasteiger partial charge >= 0.3 is 5.97 Å². The lowest BCUT2D eigenvalue weighted by Crippen LogP contribution is -2.46. The van der Waals surface area contributed by atoms with Gasteiger partial charge in [0.1, 0.15) is 5.75 Å². The first kappa shape index (κ1) is 18.4. The fourth-order valence-electron chi connectivity index (χ4n) is 3.69. The van der Waals surface area contributed by atoms with Crippen molar-refractivity contribution in [3.63, 3.8) is 0 Å². The molecule has 3 rings (SSSR count). The van der Waals surface area contributed by atoms with E-state index in [0.717, 1.165) is 23.7 Å². The van der Waals surface area contributed by atoms with Gasteiger partial charge in [0.05, 0.1) is 19.7 Å². The quantitative estimate of drug-likeness (QED) is 0.744. The van der Waals surface area contributed by atoms with Gasteiger partial charge in [-0.15, -0.1) is 0 Å². The van der Waals surface area contributed by atoms with Crippen molar-refractivity contribution >= 4 is 17.7 Å². The van der Waals surface area contributed by atoms with Crippen LogP contribution in [-0.2, 0) is 14.4 Å². The molecule has 1 atom stereocenters. The summed E-state index contributed by atoms with van der Waals surface area (Å²) in [7, 11) is 1.60. The second-order valence-electron chi connectivity index (χ2n) is 6.73. The van der Waals surface area contributed by atoms with Crippen molar-refractivity contribution in [1.82, 2.24) is 9.96 Å². The van der Waals surface area contributed by atoms with Crippen molar-refractivity contribution < 1.29 is 24.0 Å². The molecule has 0 radical (unpaired) electrons. The smallest absolute Gasteiger partial charge is 0.329 e. The molecular formula is C19H24N2O5. The highest BCUT2D eigenvalue weighted by Gasteiger charge is 2.39. The Morgan fingerprint density at radius 1 is 1.04 bits per heavy atom. The van der Waals surface area contributed by atoms with Crippen LogP contribution in [0.4, 0.5) is 0 Å². The highest BCUT2D eigenvalue weighted by atomic mass is 16.7. The monoisotopic (exact) mass is 360 g/mol. The number of rotatable bonds is 5. The van der Waals surface area contributed by atoms with Crippen LogP contribution < -0.4 is 4.74 Å². The maximum atomic E-state index is 12.7. The van der Waals surface area contributed by atoms with Crippen molar-refractivity contribution in [2.75, 3.05) is 26.7 Å². The molecular weight excluding hydrogens is 336 g/mol. The van der Waals surface area contributed by atoms with Crippen LogP contribution >= 0.6 is 0 Å². The Bertz CT molecular complexity index is 680. The maximum Gasteiger partial charge on any atom is 0.329 e. The molecule has 2 aliphatic rings. The van der Waals surface area contributed by atoms with E-state index in [0.29, 0.717) is 31.6 Å². The summed E-state index contributed by atoms with van der Waals surface area (Å²) in [6.07, 6.45) is 2.09. The van der Waals surface area contributed by atoms with Crippen LogP contribution in [0, 0.1) is 5.92 Å². The standard InChI is InChI=1S/C19H24N2O5/c1-13(22)26-21-12-9-17(19(21)24)20-10-7-15(8-11-20)18(23)14-3-5-16(25-2)6-4-14/h3-6,15,17H,7-12H2,1-2H3. The number of carbonyl (C=O) groups is 3. The predicted octanol–water partition coefficient (Wildman–Crippen LogP) is 1.67. The molecule has 7 nitrogen and oxygen atoms in total. The largest absolute Gasteiger partial charge is 0.497 e. The lowest BCUT2D eigenvalue weighted by Gasteiger charge is -2.34. The summed E-state index contributed by atoms with van der Waals surface area (Å²) in [6.45, 7) is 3.10. The Labute approximate surface area is 152 Å². The molecule has 2 fully saturated rings. The first-order chi connectivity index (χ1) is 12.5. The molecule has 140 valence electrons. The van der Waals surface area contributed by atoms with E-state index in [9.17, 15) is 14.4 Å². The summed E-state index contributed by atoms with van der Waals surface area (Å²) in [6, 6.07) is 6.92. The third-order valence-corrected chi connectivity index (χ3v) is 5.09. The zero-order chi connectivity index (χ0) is 18.7. The molecule has 2 saturated heterocycles. The highest BCUT2D eigenvalue weighted by molar-refractivity contribution is 5.98. The second-order valence-corrected chi connectivity index (χ2v) is 6.73. The fraction of sp³-hybridized carbons (Fsp3) is 0.526. The van der Waals surface area contributed by atoms with Crippen LogP contribution in [0.3, 0.4) is 0 Å². The number of ether oxygens (including phenoxy) is 1. The third-order valence-electron chi connectivity index (χ3n) is 5.09. The Morgan fingerprint density at radius 3 is 2.27 bits per heavy atom.